The number of nitrogens with zero attached hydrogens (tertiary/aromatic N) is 4. The van der Waals surface area contributed by atoms with Gasteiger partial charge in [-0.15, -0.1) is 0 Å². The van der Waals surface area contributed by atoms with Crippen molar-refractivity contribution < 1.29 is 4.79 Å². The summed E-state index contributed by atoms with van der Waals surface area (Å²) in [6.07, 6.45) is 4.93. The Balaban J connectivity index is 1.32. The van der Waals surface area contributed by atoms with E-state index in [-0.39, 0.29) is 11.8 Å². The fraction of sp³-hybridized carbons (Fsp3) is 0.300. The maximum atomic E-state index is 12.4. The molecule has 0 spiro atoms. The Morgan fingerprint density at radius 2 is 1.81 bits per heavy atom. The van der Waals surface area contributed by atoms with Gasteiger partial charge in [-0.1, -0.05) is 24.3 Å². The lowest BCUT2D eigenvalue weighted by Crippen LogP contribution is -2.38. The first-order valence-electron chi connectivity index (χ1n) is 8.93. The second-order valence-electron chi connectivity index (χ2n) is 6.61. The van der Waals surface area contributed by atoms with Crippen molar-refractivity contribution in [3.05, 3.63) is 60.6 Å². The van der Waals surface area contributed by atoms with E-state index in [9.17, 15) is 4.79 Å². The fourth-order valence-corrected chi connectivity index (χ4v) is 3.35. The Kier molecular flexibility index (Phi) is 4.84. The predicted molar refractivity (Wildman–Crippen MR) is 100 cm³/mol. The fourth-order valence-electron chi connectivity index (χ4n) is 3.35. The van der Waals surface area contributed by atoms with Crippen LogP contribution in [0.3, 0.4) is 0 Å². The standard InChI is InChI=1S/C20H21N5O/c26-19(24-20-21-10-3-11-22-20)16-8-12-25(13-9-16)14-17-7-6-15-4-1-2-5-18(15)23-17/h1-7,10-11,16H,8-9,12-14H2,(H,21,22,24,26). The molecule has 1 saturated heterocycles. The van der Waals surface area contributed by atoms with Gasteiger partial charge in [-0.3, -0.25) is 20.0 Å². The molecule has 1 aliphatic heterocycles. The number of para-hydroxylation sites is 1. The number of hydrogen-bond acceptors (Lipinski definition) is 5. The van der Waals surface area contributed by atoms with Crippen LogP contribution in [0.4, 0.5) is 5.95 Å². The summed E-state index contributed by atoms with van der Waals surface area (Å²) >= 11 is 0. The van der Waals surface area contributed by atoms with Crippen molar-refractivity contribution in [3.8, 4) is 0 Å². The van der Waals surface area contributed by atoms with Crippen molar-refractivity contribution in [1.29, 1.82) is 0 Å². The Morgan fingerprint density at radius 1 is 1.04 bits per heavy atom. The van der Waals surface area contributed by atoms with E-state index < -0.39 is 0 Å². The van der Waals surface area contributed by atoms with Crippen LogP contribution in [0.2, 0.25) is 0 Å². The summed E-state index contributed by atoms with van der Waals surface area (Å²) in [5, 5.41) is 3.97. The summed E-state index contributed by atoms with van der Waals surface area (Å²) in [7, 11) is 0. The van der Waals surface area contributed by atoms with E-state index in [1.54, 1.807) is 18.5 Å². The van der Waals surface area contributed by atoms with E-state index in [1.807, 2.05) is 18.2 Å². The van der Waals surface area contributed by atoms with Gasteiger partial charge in [0.1, 0.15) is 0 Å². The van der Waals surface area contributed by atoms with Crippen LogP contribution >= 0.6 is 0 Å². The van der Waals surface area contributed by atoms with Crippen LogP contribution in [0.1, 0.15) is 18.5 Å². The monoisotopic (exact) mass is 347 g/mol. The number of likely N-dealkylation sites (tertiary alicyclic amines) is 1. The summed E-state index contributed by atoms with van der Waals surface area (Å²) in [6.45, 7) is 2.60. The average Bonchev–Trinajstić information content (AvgIpc) is 2.69. The van der Waals surface area contributed by atoms with Gasteiger partial charge < -0.3 is 0 Å². The molecule has 1 N–H and O–H groups in total. The van der Waals surface area contributed by atoms with Gasteiger partial charge in [0.05, 0.1) is 11.2 Å². The van der Waals surface area contributed by atoms with Crippen molar-refractivity contribution in [2.75, 3.05) is 18.4 Å². The number of benzene rings is 1. The molecule has 1 amide bonds. The molecule has 3 heterocycles. The maximum Gasteiger partial charge on any atom is 0.229 e. The molecular weight excluding hydrogens is 326 g/mol. The number of pyridine rings is 1. The summed E-state index contributed by atoms with van der Waals surface area (Å²) in [6, 6.07) is 14.1. The van der Waals surface area contributed by atoms with Crippen molar-refractivity contribution in [2.24, 2.45) is 5.92 Å². The van der Waals surface area contributed by atoms with Gasteiger partial charge in [-0.2, -0.15) is 0 Å². The van der Waals surface area contributed by atoms with Gasteiger partial charge in [0.25, 0.3) is 0 Å². The zero-order valence-electron chi connectivity index (χ0n) is 14.5. The summed E-state index contributed by atoms with van der Waals surface area (Å²) in [5.74, 6) is 0.402. The van der Waals surface area contributed by atoms with Crippen LogP contribution in [0.25, 0.3) is 10.9 Å². The Labute approximate surface area is 152 Å². The molecule has 1 fully saturated rings. The van der Waals surface area contributed by atoms with E-state index in [0.29, 0.717) is 5.95 Å². The predicted octanol–water partition coefficient (Wildman–Crippen LogP) is 2.88. The number of piperidine rings is 1. The van der Waals surface area contributed by atoms with Crippen LogP contribution in [0.15, 0.2) is 54.9 Å². The highest BCUT2D eigenvalue weighted by molar-refractivity contribution is 5.90. The van der Waals surface area contributed by atoms with Gasteiger partial charge in [0.2, 0.25) is 11.9 Å². The minimum absolute atomic E-state index is 0.0135. The molecule has 1 aromatic carbocycles. The molecule has 6 heteroatoms. The van der Waals surface area contributed by atoms with Gasteiger partial charge in [0.15, 0.2) is 0 Å². The average molecular weight is 347 g/mol. The molecule has 6 nitrogen and oxygen atoms in total. The number of carbonyl (C=O) groups is 1. The number of rotatable bonds is 4. The number of hydrogen-bond donors (Lipinski definition) is 1. The second kappa shape index (κ2) is 7.58. The Bertz CT molecular complexity index is 891. The third kappa shape index (κ3) is 3.86. The molecule has 3 aromatic rings. The van der Waals surface area contributed by atoms with Crippen molar-refractivity contribution >= 4 is 22.8 Å². The third-order valence-electron chi connectivity index (χ3n) is 4.80. The number of amides is 1. The third-order valence-corrected chi connectivity index (χ3v) is 4.80. The number of anilines is 1. The topological polar surface area (TPSA) is 71.0 Å². The molecule has 2 aromatic heterocycles. The molecule has 0 saturated carbocycles. The Hall–Kier alpha value is -2.86. The SMILES string of the molecule is O=C(Nc1ncccn1)C1CCN(Cc2ccc3ccccc3n2)CC1. The van der Waals surface area contributed by atoms with Gasteiger partial charge in [0, 0.05) is 30.2 Å². The molecule has 0 unspecified atom stereocenters. The molecule has 132 valence electrons. The number of carbonyl (C=O) groups excluding carboxylic acids is 1. The van der Waals surface area contributed by atoms with Gasteiger partial charge in [-0.25, -0.2) is 9.97 Å². The number of aromatic nitrogens is 3. The van der Waals surface area contributed by atoms with Crippen molar-refractivity contribution in [3.63, 3.8) is 0 Å². The lowest BCUT2D eigenvalue weighted by Gasteiger charge is -2.30. The van der Waals surface area contributed by atoms with Crippen molar-refractivity contribution in [2.45, 2.75) is 19.4 Å². The van der Waals surface area contributed by atoms with E-state index in [1.165, 1.54) is 0 Å². The minimum atomic E-state index is 0.0135. The van der Waals surface area contributed by atoms with Crippen LogP contribution in [0, 0.1) is 5.92 Å². The van der Waals surface area contributed by atoms with Crippen molar-refractivity contribution in [1.82, 2.24) is 19.9 Å². The maximum absolute atomic E-state index is 12.4. The zero-order chi connectivity index (χ0) is 17.8. The first-order chi connectivity index (χ1) is 12.8. The normalized spacial score (nSPS) is 15.8. The highest BCUT2D eigenvalue weighted by Gasteiger charge is 2.25. The van der Waals surface area contributed by atoms with E-state index in [2.05, 4.69) is 38.4 Å². The lowest BCUT2D eigenvalue weighted by atomic mass is 9.96. The number of fused-ring (bicyclic) bond motifs is 1. The van der Waals surface area contributed by atoms with Gasteiger partial charge in [-0.05, 0) is 44.1 Å². The largest absolute Gasteiger partial charge is 0.297 e. The highest BCUT2D eigenvalue weighted by atomic mass is 16.2. The van der Waals surface area contributed by atoms with E-state index >= 15 is 0 Å². The molecule has 0 radical (unpaired) electrons. The summed E-state index contributed by atoms with van der Waals surface area (Å²) in [5.41, 5.74) is 2.10. The molecule has 4 rings (SSSR count). The second-order valence-corrected chi connectivity index (χ2v) is 6.61. The highest BCUT2D eigenvalue weighted by Crippen LogP contribution is 2.20. The first kappa shape index (κ1) is 16.6. The zero-order valence-corrected chi connectivity index (χ0v) is 14.5. The molecule has 1 aliphatic rings. The Morgan fingerprint density at radius 3 is 2.62 bits per heavy atom. The van der Waals surface area contributed by atoms with Crippen LogP contribution < -0.4 is 5.32 Å². The quantitative estimate of drug-likeness (QED) is 0.786. The lowest BCUT2D eigenvalue weighted by molar-refractivity contribution is -0.121. The molecule has 0 bridgehead atoms. The van der Waals surface area contributed by atoms with E-state index in [4.69, 9.17) is 4.98 Å². The molecule has 26 heavy (non-hydrogen) atoms. The number of nitrogens with one attached hydrogen (secondary N) is 1. The molecule has 0 atom stereocenters. The van der Waals surface area contributed by atoms with Crippen LogP contribution in [-0.2, 0) is 11.3 Å². The van der Waals surface area contributed by atoms with Crippen LogP contribution in [-0.4, -0.2) is 38.8 Å². The molecule has 0 aliphatic carbocycles. The first-order valence-corrected chi connectivity index (χ1v) is 8.93. The summed E-state index contributed by atoms with van der Waals surface area (Å²) in [4.78, 5) is 27.6. The smallest absolute Gasteiger partial charge is 0.229 e. The van der Waals surface area contributed by atoms with Gasteiger partial charge >= 0.3 is 0 Å². The van der Waals surface area contributed by atoms with Crippen LogP contribution in [0.5, 0.6) is 0 Å². The minimum Gasteiger partial charge on any atom is -0.297 e. The summed E-state index contributed by atoms with van der Waals surface area (Å²) < 4.78 is 0. The van der Waals surface area contributed by atoms with E-state index in [0.717, 1.165) is 49.1 Å². The molecular formula is C20H21N5O.